The molecular formula is C28H27NO5. The zero-order valence-corrected chi connectivity index (χ0v) is 19.4. The number of rotatable bonds is 5. The quantitative estimate of drug-likeness (QED) is 0.317. The lowest BCUT2D eigenvalue weighted by Crippen LogP contribution is -2.29. The van der Waals surface area contributed by atoms with Gasteiger partial charge in [0.25, 0.3) is 11.7 Å². The molecule has 1 N–H and O–H groups in total. The largest absolute Gasteiger partial charge is 0.507 e. The second-order valence-electron chi connectivity index (χ2n) is 9.28. The van der Waals surface area contributed by atoms with Gasteiger partial charge in [-0.25, -0.2) is 0 Å². The number of carbonyl (C=O) groups is 2. The fourth-order valence-electron chi connectivity index (χ4n) is 4.75. The number of aliphatic hydroxyl groups excluding tert-OH is 1. The molecule has 3 heterocycles. The molecule has 0 aliphatic carbocycles. The summed E-state index contributed by atoms with van der Waals surface area (Å²) in [5.74, 6) is 0.152. The fraction of sp³-hybridized carbons (Fsp3) is 0.286. The van der Waals surface area contributed by atoms with Crippen molar-refractivity contribution in [1.29, 1.82) is 0 Å². The molecule has 5 rings (SSSR count). The number of benzene rings is 2. The third kappa shape index (κ3) is 3.79. The van der Waals surface area contributed by atoms with E-state index in [4.69, 9.17) is 9.15 Å². The Kier molecular flexibility index (Phi) is 5.52. The van der Waals surface area contributed by atoms with Crippen molar-refractivity contribution in [3.8, 4) is 5.75 Å². The fourth-order valence-corrected chi connectivity index (χ4v) is 4.75. The highest BCUT2D eigenvalue weighted by Crippen LogP contribution is 2.41. The molecule has 34 heavy (non-hydrogen) atoms. The van der Waals surface area contributed by atoms with Crippen LogP contribution in [0.3, 0.4) is 0 Å². The van der Waals surface area contributed by atoms with Crippen LogP contribution in [-0.2, 0) is 22.6 Å². The Morgan fingerprint density at radius 3 is 2.56 bits per heavy atom. The highest BCUT2D eigenvalue weighted by Gasteiger charge is 2.46. The average Bonchev–Trinajstić information content (AvgIpc) is 3.53. The lowest BCUT2D eigenvalue weighted by molar-refractivity contribution is -0.140. The van der Waals surface area contributed by atoms with E-state index in [1.165, 1.54) is 11.2 Å². The lowest BCUT2D eigenvalue weighted by Gasteiger charge is -2.25. The maximum absolute atomic E-state index is 13.2. The van der Waals surface area contributed by atoms with Gasteiger partial charge in [0.2, 0.25) is 0 Å². The zero-order chi connectivity index (χ0) is 24.0. The molecule has 2 atom stereocenters. The summed E-state index contributed by atoms with van der Waals surface area (Å²) in [5.41, 5.74) is 3.46. The number of fused-ring (bicyclic) bond motifs is 1. The molecule has 0 unspecified atom stereocenters. The molecule has 0 bridgehead atoms. The third-order valence-electron chi connectivity index (χ3n) is 6.53. The predicted octanol–water partition coefficient (Wildman–Crippen LogP) is 5.35. The van der Waals surface area contributed by atoms with E-state index < -0.39 is 17.7 Å². The van der Waals surface area contributed by atoms with Gasteiger partial charge in [0.05, 0.1) is 24.4 Å². The van der Waals surface area contributed by atoms with Crippen LogP contribution in [0.15, 0.2) is 70.9 Å². The summed E-state index contributed by atoms with van der Waals surface area (Å²) < 4.78 is 11.2. The summed E-state index contributed by atoms with van der Waals surface area (Å²) in [4.78, 5) is 27.8. The van der Waals surface area contributed by atoms with Gasteiger partial charge in [-0.3, -0.25) is 9.59 Å². The minimum absolute atomic E-state index is 0.0609. The van der Waals surface area contributed by atoms with Gasteiger partial charge in [0, 0.05) is 12.0 Å². The molecule has 2 aromatic carbocycles. The number of likely N-dealkylation sites (tertiary alicyclic amines) is 1. The highest BCUT2D eigenvalue weighted by atomic mass is 16.5. The van der Waals surface area contributed by atoms with Crippen molar-refractivity contribution in [2.24, 2.45) is 0 Å². The monoisotopic (exact) mass is 457 g/mol. The van der Waals surface area contributed by atoms with Crippen molar-refractivity contribution in [2.75, 3.05) is 0 Å². The van der Waals surface area contributed by atoms with E-state index in [1.54, 1.807) is 24.3 Å². The molecule has 2 aliphatic heterocycles. The molecule has 1 saturated heterocycles. The van der Waals surface area contributed by atoms with E-state index in [0.29, 0.717) is 17.2 Å². The van der Waals surface area contributed by atoms with Crippen molar-refractivity contribution >= 4 is 17.4 Å². The number of ether oxygens (including phenoxy) is 1. The molecule has 174 valence electrons. The van der Waals surface area contributed by atoms with Crippen LogP contribution in [0, 0.1) is 0 Å². The van der Waals surface area contributed by atoms with Crippen LogP contribution in [0.4, 0.5) is 0 Å². The summed E-state index contributed by atoms with van der Waals surface area (Å²) in [6.07, 6.45) is 2.32. The Morgan fingerprint density at radius 2 is 1.88 bits per heavy atom. The topological polar surface area (TPSA) is 80.0 Å². The average molecular weight is 458 g/mol. The van der Waals surface area contributed by atoms with Crippen LogP contribution >= 0.6 is 0 Å². The number of nitrogens with zero attached hydrogens (tertiary/aromatic N) is 1. The summed E-state index contributed by atoms with van der Waals surface area (Å²) in [5, 5.41) is 11.3. The number of hydrogen-bond donors (Lipinski definition) is 1. The van der Waals surface area contributed by atoms with Crippen LogP contribution < -0.4 is 4.74 Å². The summed E-state index contributed by atoms with van der Waals surface area (Å²) in [6, 6.07) is 16.0. The Morgan fingerprint density at radius 1 is 1.12 bits per heavy atom. The molecule has 0 saturated carbocycles. The molecule has 6 heteroatoms. The molecule has 2 aliphatic rings. The van der Waals surface area contributed by atoms with Gasteiger partial charge in [-0.2, -0.15) is 0 Å². The Hall–Kier alpha value is -3.80. The standard InChI is InChI=1S/C28H27NO5/c1-16(2)18-6-8-19(9-7-18)25-24(27(31)28(32)29(25)15-22-5-4-12-33-22)26(30)20-10-11-23-21(14-20)13-17(3)34-23/h4-12,14,16-17,25,30H,13,15H2,1-3H3/b26-24+/t17-,25+/m0/s1. The Labute approximate surface area is 198 Å². The van der Waals surface area contributed by atoms with E-state index in [0.717, 1.165) is 28.9 Å². The van der Waals surface area contributed by atoms with Crippen molar-refractivity contribution < 1.29 is 23.8 Å². The SMILES string of the molecule is CC(C)c1ccc([C@@H]2/C(=C(\O)c3ccc4c(c3)C[C@H](C)O4)C(=O)C(=O)N2Cc2ccco2)cc1. The van der Waals surface area contributed by atoms with Crippen molar-refractivity contribution in [3.05, 3.63) is 94.4 Å². The van der Waals surface area contributed by atoms with Gasteiger partial charge in [-0.1, -0.05) is 38.1 Å². The maximum atomic E-state index is 13.2. The van der Waals surface area contributed by atoms with Gasteiger partial charge in [-0.15, -0.1) is 0 Å². The minimum atomic E-state index is -0.727. The molecule has 3 aromatic rings. The van der Waals surface area contributed by atoms with E-state index in [2.05, 4.69) is 13.8 Å². The van der Waals surface area contributed by atoms with Gasteiger partial charge >= 0.3 is 0 Å². The first-order chi connectivity index (χ1) is 16.3. The highest BCUT2D eigenvalue weighted by molar-refractivity contribution is 6.46. The third-order valence-corrected chi connectivity index (χ3v) is 6.53. The molecule has 1 amide bonds. The molecule has 1 aromatic heterocycles. The van der Waals surface area contributed by atoms with Crippen LogP contribution in [-0.4, -0.2) is 27.8 Å². The van der Waals surface area contributed by atoms with E-state index in [9.17, 15) is 14.7 Å². The van der Waals surface area contributed by atoms with Crippen molar-refractivity contribution in [2.45, 2.75) is 51.8 Å². The zero-order valence-electron chi connectivity index (χ0n) is 19.4. The first-order valence-corrected chi connectivity index (χ1v) is 11.5. The second kappa shape index (κ2) is 8.52. The van der Waals surface area contributed by atoms with Gasteiger partial charge in [0.1, 0.15) is 23.4 Å². The predicted molar refractivity (Wildman–Crippen MR) is 127 cm³/mol. The maximum Gasteiger partial charge on any atom is 0.296 e. The first kappa shape index (κ1) is 22.0. The van der Waals surface area contributed by atoms with E-state index >= 15 is 0 Å². The summed E-state index contributed by atoms with van der Waals surface area (Å²) >= 11 is 0. The molecule has 0 spiro atoms. The molecular weight excluding hydrogens is 430 g/mol. The van der Waals surface area contributed by atoms with E-state index in [1.807, 2.05) is 37.3 Å². The molecule has 6 nitrogen and oxygen atoms in total. The van der Waals surface area contributed by atoms with Crippen LogP contribution in [0.5, 0.6) is 5.75 Å². The van der Waals surface area contributed by atoms with Crippen LogP contribution in [0.2, 0.25) is 0 Å². The van der Waals surface area contributed by atoms with Crippen molar-refractivity contribution in [3.63, 3.8) is 0 Å². The lowest BCUT2D eigenvalue weighted by atomic mass is 9.92. The van der Waals surface area contributed by atoms with Gasteiger partial charge in [-0.05, 0) is 59.9 Å². The van der Waals surface area contributed by atoms with E-state index in [-0.39, 0.29) is 24.0 Å². The number of Topliss-reactive ketones (excluding diaryl/α,β-unsaturated/α-hetero) is 1. The van der Waals surface area contributed by atoms with Crippen LogP contribution in [0.25, 0.3) is 5.76 Å². The number of ketones is 1. The Bertz CT molecular complexity index is 1270. The van der Waals surface area contributed by atoms with Crippen molar-refractivity contribution in [1.82, 2.24) is 4.90 Å². The smallest absolute Gasteiger partial charge is 0.296 e. The Balaban J connectivity index is 1.62. The molecule has 0 radical (unpaired) electrons. The van der Waals surface area contributed by atoms with Gasteiger partial charge < -0.3 is 19.2 Å². The normalized spacial score (nSPS) is 21.2. The second-order valence-corrected chi connectivity index (χ2v) is 9.28. The number of amides is 1. The first-order valence-electron chi connectivity index (χ1n) is 11.5. The number of carbonyl (C=O) groups excluding carboxylic acids is 2. The minimum Gasteiger partial charge on any atom is -0.507 e. The molecule has 1 fully saturated rings. The number of aliphatic hydroxyl groups is 1. The number of hydrogen-bond acceptors (Lipinski definition) is 5. The summed E-state index contributed by atoms with van der Waals surface area (Å²) in [7, 11) is 0. The van der Waals surface area contributed by atoms with Gasteiger partial charge in [0.15, 0.2) is 0 Å². The van der Waals surface area contributed by atoms with Crippen LogP contribution in [0.1, 0.15) is 60.7 Å². The number of furan rings is 1. The summed E-state index contributed by atoms with van der Waals surface area (Å²) in [6.45, 7) is 6.33.